The molecule has 2 fully saturated rings. The molecule has 1 saturated carbocycles. The number of rotatable bonds is 7. The van der Waals surface area contributed by atoms with Crippen LogP contribution < -0.4 is 5.32 Å². The van der Waals surface area contributed by atoms with Gasteiger partial charge in [-0.05, 0) is 68.2 Å². The van der Waals surface area contributed by atoms with Crippen molar-refractivity contribution in [3.8, 4) is 11.4 Å². The molecular weight excluding hydrogens is 446 g/mol. The second-order valence-corrected chi connectivity index (χ2v) is 9.64. The lowest BCUT2D eigenvalue weighted by Crippen LogP contribution is -2.49. The second-order valence-electron chi connectivity index (χ2n) is 9.28. The first-order valence-corrected chi connectivity index (χ1v) is 12.3. The van der Waals surface area contributed by atoms with Crippen molar-refractivity contribution in [3.63, 3.8) is 0 Å². The molecule has 3 heterocycles. The fourth-order valence-corrected chi connectivity index (χ4v) is 4.76. The molecule has 1 aliphatic heterocycles. The van der Waals surface area contributed by atoms with Crippen molar-refractivity contribution >= 4 is 23.8 Å². The fourth-order valence-electron chi connectivity index (χ4n) is 4.42. The SMILES string of the molecule is Cc1cccc(NC(=O)CN2CCN(Cn3nc(-c4cccnc4)n(C4CC4)c3=S)CC2)c1C. The number of nitrogens with zero attached hydrogens (tertiary/aromatic N) is 6. The smallest absolute Gasteiger partial charge is 0.238 e. The average Bonchev–Trinajstić information content (AvgIpc) is 3.62. The zero-order chi connectivity index (χ0) is 23.7. The summed E-state index contributed by atoms with van der Waals surface area (Å²) in [6.45, 7) is 8.59. The number of anilines is 1. The lowest BCUT2D eigenvalue weighted by molar-refractivity contribution is -0.117. The third-order valence-electron chi connectivity index (χ3n) is 6.75. The van der Waals surface area contributed by atoms with Crippen molar-refractivity contribution in [2.24, 2.45) is 0 Å². The monoisotopic (exact) mass is 477 g/mol. The Bertz CT molecular complexity index is 1220. The number of carbonyl (C=O) groups excluding carboxylic acids is 1. The van der Waals surface area contributed by atoms with E-state index in [1.807, 2.05) is 42.1 Å². The van der Waals surface area contributed by atoms with Crippen molar-refractivity contribution < 1.29 is 4.79 Å². The Morgan fingerprint density at radius 1 is 1.09 bits per heavy atom. The lowest BCUT2D eigenvalue weighted by atomic mass is 10.1. The molecule has 2 aromatic heterocycles. The van der Waals surface area contributed by atoms with E-state index in [4.69, 9.17) is 17.3 Å². The topological polar surface area (TPSA) is 71.2 Å². The number of aryl methyl sites for hydroxylation is 1. The van der Waals surface area contributed by atoms with Gasteiger partial charge in [-0.15, -0.1) is 0 Å². The molecule has 0 spiro atoms. The molecule has 178 valence electrons. The van der Waals surface area contributed by atoms with Crippen molar-refractivity contribution in [1.29, 1.82) is 0 Å². The van der Waals surface area contributed by atoms with Gasteiger partial charge in [0.05, 0.1) is 13.2 Å². The summed E-state index contributed by atoms with van der Waals surface area (Å²) in [5, 5.41) is 7.95. The largest absolute Gasteiger partial charge is 0.325 e. The molecule has 34 heavy (non-hydrogen) atoms. The van der Waals surface area contributed by atoms with Crippen LogP contribution in [0, 0.1) is 18.6 Å². The molecule has 1 aliphatic carbocycles. The highest BCUT2D eigenvalue weighted by molar-refractivity contribution is 7.71. The minimum atomic E-state index is 0.0358. The van der Waals surface area contributed by atoms with Crippen molar-refractivity contribution in [2.75, 3.05) is 38.0 Å². The number of hydrogen-bond acceptors (Lipinski definition) is 6. The van der Waals surface area contributed by atoms with Crippen LogP contribution in [0.5, 0.6) is 0 Å². The van der Waals surface area contributed by atoms with E-state index in [9.17, 15) is 4.79 Å². The summed E-state index contributed by atoms with van der Waals surface area (Å²) in [5.74, 6) is 0.941. The Kier molecular flexibility index (Phi) is 6.58. The summed E-state index contributed by atoms with van der Waals surface area (Å²) < 4.78 is 4.91. The number of nitrogens with one attached hydrogen (secondary N) is 1. The molecule has 3 aromatic rings. The summed E-state index contributed by atoms with van der Waals surface area (Å²) >= 11 is 5.81. The first-order valence-electron chi connectivity index (χ1n) is 11.9. The lowest BCUT2D eigenvalue weighted by Gasteiger charge is -2.34. The van der Waals surface area contributed by atoms with Crippen molar-refractivity contribution in [1.82, 2.24) is 29.1 Å². The van der Waals surface area contributed by atoms with E-state index in [1.165, 1.54) is 5.56 Å². The molecule has 1 N–H and O–H groups in total. The molecule has 0 bridgehead atoms. The number of benzene rings is 1. The minimum Gasteiger partial charge on any atom is -0.325 e. The van der Waals surface area contributed by atoms with Gasteiger partial charge in [0.15, 0.2) is 10.6 Å². The van der Waals surface area contributed by atoms with Gasteiger partial charge in [-0.25, -0.2) is 4.68 Å². The summed E-state index contributed by atoms with van der Waals surface area (Å²) in [6, 6.07) is 10.4. The van der Waals surface area contributed by atoms with Crippen LogP contribution >= 0.6 is 12.2 Å². The molecule has 1 aromatic carbocycles. The molecule has 8 nitrogen and oxygen atoms in total. The highest BCUT2D eigenvalue weighted by atomic mass is 32.1. The Labute approximate surface area is 205 Å². The zero-order valence-electron chi connectivity index (χ0n) is 19.8. The fraction of sp³-hybridized carbons (Fsp3) is 0.440. The highest BCUT2D eigenvalue weighted by Gasteiger charge is 2.29. The molecule has 9 heteroatoms. The predicted molar refractivity (Wildman–Crippen MR) is 135 cm³/mol. The molecule has 1 saturated heterocycles. The van der Waals surface area contributed by atoms with E-state index < -0.39 is 0 Å². The van der Waals surface area contributed by atoms with Gasteiger partial charge in [0.25, 0.3) is 0 Å². The zero-order valence-corrected chi connectivity index (χ0v) is 20.6. The van der Waals surface area contributed by atoms with Crippen LogP contribution in [-0.4, -0.2) is 67.8 Å². The van der Waals surface area contributed by atoms with Gasteiger partial charge in [0.2, 0.25) is 5.91 Å². The van der Waals surface area contributed by atoms with Gasteiger partial charge in [-0.3, -0.25) is 24.1 Å². The third-order valence-corrected chi connectivity index (χ3v) is 7.15. The molecule has 0 radical (unpaired) electrons. The van der Waals surface area contributed by atoms with Crippen LogP contribution in [0.3, 0.4) is 0 Å². The number of carbonyl (C=O) groups is 1. The summed E-state index contributed by atoms with van der Waals surface area (Å²) in [5.41, 5.74) is 4.20. The molecule has 5 rings (SSSR count). The van der Waals surface area contributed by atoms with E-state index in [-0.39, 0.29) is 5.91 Å². The molecule has 0 unspecified atom stereocenters. The van der Waals surface area contributed by atoms with Gasteiger partial charge in [0.1, 0.15) is 0 Å². The Hall–Kier alpha value is -2.88. The maximum absolute atomic E-state index is 12.6. The summed E-state index contributed by atoms with van der Waals surface area (Å²) in [7, 11) is 0. The van der Waals surface area contributed by atoms with E-state index in [0.717, 1.165) is 66.4 Å². The van der Waals surface area contributed by atoms with Gasteiger partial charge in [0, 0.05) is 55.9 Å². The molecule has 1 amide bonds. The third kappa shape index (κ3) is 4.96. The molecular formula is C25H31N7OS. The second kappa shape index (κ2) is 9.77. The summed E-state index contributed by atoms with van der Waals surface area (Å²) in [4.78, 5) is 21.4. The quantitative estimate of drug-likeness (QED) is 0.524. The van der Waals surface area contributed by atoms with Crippen LogP contribution in [0.4, 0.5) is 5.69 Å². The van der Waals surface area contributed by atoms with Crippen LogP contribution in [0.1, 0.15) is 30.0 Å². The van der Waals surface area contributed by atoms with Gasteiger partial charge in [-0.2, -0.15) is 5.10 Å². The van der Waals surface area contributed by atoms with E-state index in [1.54, 1.807) is 6.20 Å². The van der Waals surface area contributed by atoms with Crippen molar-refractivity contribution in [2.45, 2.75) is 39.4 Å². The van der Waals surface area contributed by atoms with Crippen LogP contribution in [0.2, 0.25) is 0 Å². The predicted octanol–water partition coefficient (Wildman–Crippen LogP) is 3.64. The van der Waals surface area contributed by atoms with Crippen LogP contribution in [0.15, 0.2) is 42.7 Å². The van der Waals surface area contributed by atoms with E-state index in [0.29, 0.717) is 19.3 Å². The highest BCUT2D eigenvalue weighted by Crippen LogP contribution is 2.38. The normalized spacial score (nSPS) is 17.1. The molecule has 2 aliphatic rings. The van der Waals surface area contributed by atoms with Crippen LogP contribution in [-0.2, 0) is 11.5 Å². The average molecular weight is 478 g/mol. The Morgan fingerprint density at radius 3 is 2.56 bits per heavy atom. The first kappa shape index (κ1) is 22.9. The van der Waals surface area contributed by atoms with Crippen LogP contribution in [0.25, 0.3) is 11.4 Å². The first-order chi connectivity index (χ1) is 16.5. The number of amides is 1. The number of hydrogen-bond donors (Lipinski definition) is 1. The Morgan fingerprint density at radius 2 is 1.85 bits per heavy atom. The Balaban J connectivity index is 1.19. The van der Waals surface area contributed by atoms with Gasteiger partial charge < -0.3 is 5.32 Å². The minimum absolute atomic E-state index is 0.0358. The standard InChI is InChI=1S/C25H31N7OS/c1-18-5-3-7-22(19(18)2)27-23(33)16-29-11-13-30(14-12-29)17-31-25(34)32(21-8-9-21)24(28-31)20-6-4-10-26-15-20/h3-7,10,15,21H,8-9,11-14,16-17H2,1-2H3,(H,27,33). The number of piperazine rings is 1. The maximum Gasteiger partial charge on any atom is 0.238 e. The van der Waals surface area contributed by atoms with Gasteiger partial charge in [-0.1, -0.05) is 12.1 Å². The van der Waals surface area contributed by atoms with E-state index >= 15 is 0 Å². The van der Waals surface area contributed by atoms with Crippen molar-refractivity contribution in [3.05, 3.63) is 58.6 Å². The molecule has 0 atom stereocenters. The van der Waals surface area contributed by atoms with Gasteiger partial charge >= 0.3 is 0 Å². The summed E-state index contributed by atoms with van der Waals surface area (Å²) in [6.07, 6.45) is 5.92. The maximum atomic E-state index is 12.6. The number of pyridine rings is 1. The number of aromatic nitrogens is 4. The van der Waals surface area contributed by atoms with E-state index in [2.05, 4.69) is 37.7 Å².